The van der Waals surface area contributed by atoms with Crippen LogP contribution in [0, 0.1) is 5.92 Å². The van der Waals surface area contributed by atoms with Crippen molar-refractivity contribution >= 4 is 0 Å². The highest BCUT2D eigenvalue weighted by Gasteiger charge is 2.31. The van der Waals surface area contributed by atoms with Gasteiger partial charge in [-0.25, -0.2) is 0 Å². The summed E-state index contributed by atoms with van der Waals surface area (Å²) < 4.78 is 0. The van der Waals surface area contributed by atoms with E-state index in [0.29, 0.717) is 12.1 Å². The first-order valence-corrected chi connectivity index (χ1v) is 9.13. The molecule has 0 spiro atoms. The molecule has 3 nitrogen and oxygen atoms in total. The van der Waals surface area contributed by atoms with Gasteiger partial charge in [0.15, 0.2) is 0 Å². The molecule has 2 fully saturated rings. The van der Waals surface area contributed by atoms with Gasteiger partial charge in [-0.15, -0.1) is 0 Å². The Morgan fingerprint density at radius 3 is 2.52 bits per heavy atom. The molecule has 2 N–H and O–H groups in total. The van der Waals surface area contributed by atoms with Crippen LogP contribution in [-0.2, 0) is 0 Å². The summed E-state index contributed by atoms with van der Waals surface area (Å²) in [4.78, 5) is 2.56. The minimum atomic E-state index is -0.0720. The van der Waals surface area contributed by atoms with E-state index < -0.39 is 0 Å². The van der Waals surface area contributed by atoms with Gasteiger partial charge in [-0.1, -0.05) is 25.0 Å². The van der Waals surface area contributed by atoms with Crippen LogP contribution in [0.1, 0.15) is 57.8 Å². The van der Waals surface area contributed by atoms with Gasteiger partial charge in [0.1, 0.15) is 0 Å². The van der Waals surface area contributed by atoms with Crippen LogP contribution < -0.4 is 5.32 Å². The Kier molecular flexibility index (Phi) is 5.73. The summed E-state index contributed by atoms with van der Waals surface area (Å²) in [6, 6.07) is 1.15. The number of piperidine rings is 1. The van der Waals surface area contributed by atoms with Crippen molar-refractivity contribution in [1.82, 2.24) is 10.2 Å². The number of aliphatic hydroxyl groups excluding tert-OH is 1. The lowest BCUT2D eigenvalue weighted by molar-refractivity contribution is 0.00703. The zero-order chi connectivity index (χ0) is 14.5. The highest BCUT2D eigenvalue weighted by Crippen LogP contribution is 2.26. The minimum absolute atomic E-state index is 0.0720. The second kappa shape index (κ2) is 7.75. The zero-order valence-electron chi connectivity index (χ0n) is 13.3. The van der Waals surface area contributed by atoms with E-state index in [0.717, 1.165) is 12.3 Å². The van der Waals surface area contributed by atoms with E-state index in [1.54, 1.807) is 0 Å². The Morgan fingerprint density at radius 1 is 1.00 bits per heavy atom. The van der Waals surface area contributed by atoms with Crippen LogP contribution in [0.3, 0.4) is 0 Å². The van der Waals surface area contributed by atoms with Crippen molar-refractivity contribution in [2.24, 2.45) is 5.92 Å². The summed E-state index contributed by atoms with van der Waals surface area (Å²) in [5, 5.41) is 14.0. The molecule has 0 bridgehead atoms. The summed E-state index contributed by atoms with van der Waals surface area (Å²) in [6.45, 7) is 3.54. The number of nitrogens with one attached hydrogen (secondary N) is 1. The molecular weight excluding hydrogens is 260 g/mol. The predicted molar refractivity (Wildman–Crippen MR) is 87.3 cm³/mol. The van der Waals surface area contributed by atoms with E-state index in [2.05, 4.69) is 22.4 Å². The van der Waals surface area contributed by atoms with Gasteiger partial charge in [-0.2, -0.15) is 0 Å². The lowest BCUT2D eigenvalue weighted by Crippen LogP contribution is -2.51. The molecule has 21 heavy (non-hydrogen) atoms. The van der Waals surface area contributed by atoms with E-state index in [4.69, 9.17) is 0 Å². The summed E-state index contributed by atoms with van der Waals surface area (Å²) in [5.74, 6) is 0.855. The SMILES string of the molecule is OC1CCCCC1N1CCC(NCC2CC=CCC2)CC1. The van der Waals surface area contributed by atoms with Crippen molar-refractivity contribution in [2.75, 3.05) is 19.6 Å². The smallest absolute Gasteiger partial charge is 0.0695 e. The van der Waals surface area contributed by atoms with Crippen LogP contribution in [0.4, 0.5) is 0 Å². The first-order valence-electron chi connectivity index (χ1n) is 9.13. The first kappa shape index (κ1) is 15.5. The van der Waals surface area contributed by atoms with Crippen LogP contribution in [0.5, 0.6) is 0 Å². The van der Waals surface area contributed by atoms with Gasteiger partial charge in [0.25, 0.3) is 0 Å². The van der Waals surface area contributed by atoms with Gasteiger partial charge in [0.2, 0.25) is 0 Å². The molecule has 0 amide bonds. The van der Waals surface area contributed by atoms with E-state index >= 15 is 0 Å². The molecule has 3 aliphatic rings. The third kappa shape index (κ3) is 4.30. The fourth-order valence-electron chi connectivity index (χ4n) is 4.33. The Morgan fingerprint density at radius 2 is 1.81 bits per heavy atom. The van der Waals surface area contributed by atoms with Crippen LogP contribution in [0.25, 0.3) is 0 Å². The molecule has 1 saturated heterocycles. The van der Waals surface area contributed by atoms with Crippen molar-refractivity contribution in [2.45, 2.75) is 76.0 Å². The maximum Gasteiger partial charge on any atom is 0.0695 e. The molecule has 3 atom stereocenters. The van der Waals surface area contributed by atoms with Gasteiger partial charge in [0.05, 0.1) is 6.10 Å². The standard InChI is InChI=1S/C18H32N2O/c21-18-9-5-4-8-17(18)20-12-10-16(11-13-20)19-14-15-6-2-1-3-7-15/h1-2,15-19,21H,3-14H2. The third-order valence-electron chi connectivity index (χ3n) is 5.77. The number of hydrogen-bond donors (Lipinski definition) is 2. The average molecular weight is 292 g/mol. The topological polar surface area (TPSA) is 35.5 Å². The highest BCUT2D eigenvalue weighted by molar-refractivity contribution is 4.92. The molecule has 0 aromatic heterocycles. The Hall–Kier alpha value is -0.380. The number of rotatable bonds is 4. The van der Waals surface area contributed by atoms with E-state index in [-0.39, 0.29) is 6.10 Å². The van der Waals surface area contributed by atoms with Crippen LogP contribution in [0.2, 0.25) is 0 Å². The third-order valence-corrected chi connectivity index (χ3v) is 5.77. The molecule has 0 radical (unpaired) electrons. The van der Waals surface area contributed by atoms with Crippen molar-refractivity contribution in [3.8, 4) is 0 Å². The molecule has 0 aromatic carbocycles. The normalized spacial score (nSPS) is 36.0. The predicted octanol–water partition coefficient (Wildman–Crippen LogP) is 2.70. The Labute approximate surface area is 129 Å². The maximum absolute atomic E-state index is 10.2. The van der Waals surface area contributed by atoms with Gasteiger partial charge >= 0.3 is 0 Å². The van der Waals surface area contributed by atoms with Crippen molar-refractivity contribution in [3.63, 3.8) is 0 Å². The molecule has 3 unspecified atom stereocenters. The van der Waals surface area contributed by atoms with E-state index in [9.17, 15) is 5.11 Å². The Bertz CT molecular complexity index is 336. The summed E-state index contributed by atoms with van der Waals surface area (Å²) >= 11 is 0. The molecule has 1 heterocycles. The van der Waals surface area contributed by atoms with Gasteiger partial charge < -0.3 is 10.4 Å². The molecule has 120 valence electrons. The molecule has 1 aliphatic heterocycles. The lowest BCUT2D eigenvalue weighted by Gasteiger charge is -2.42. The number of likely N-dealkylation sites (tertiary alicyclic amines) is 1. The van der Waals surface area contributed by atoms with Crippen LogP contribution in [0.15, 0.2) is 12.2 Å². The molecule has 1 saturated carbocycles. The lowest BCUT2D eigenvalue weighted by atomic mass is 9.89. The zero-order valence-corrected chi connectivity index (χ0v) is 13.3. The Balaban J connectivity index is 1.37. The van der Waals surface area contributed by atoms with Crippen LogP contribution in [-0.4, -0.2) is 47.8 Å². The fourth-order valence-corrected chi connectivity index (χ4v) is 4.33. The number of allylic oxidation sites excluding steroid dienone is 2. The first-order chi connectivity index (χ1) is 10.3. The molecule has 3 rings (SSSR count). The molecule has 2 aliphatic carbocycles. The van der Waals surface area contributed by atoms with Crippen molar-refractivity contribution in [3.05, 3.63) is 12.2 Å². The van der Waals surface area contributed by atoms with Gasteiger partial charge in [-0.3, -0.25) is 4.90 Å². The van der Waals surface area contributed by atoms with E-state index in [1.807, 2.05) is 0 Å². The number of hydrogen-bond acceptors (Lipinski definition) is 3. The van der Waals surface area contributed by atoms with Crippen molar-refractivity contribution in [1.29, 1.82) is 0 Å². The fraction of sp³-hybridized carbons (Fsp3) is 0.889. The monoisotopic (exact) mass is 292 g/mol. The maximum atomic E-state index is 10.2. The number of aliphatic hydroxyl groups is 1. The minimum Gasteiger partial charge on any atom is -0.391 e. The summed E-state index contributed by atoms with van der Waals surface area (Å²) in [6.07, 6.45) is 15.7. The second-order valence-electron chi connectivity index (χ2n) is 7.29. The number of nitrogens with zero attached hydrogens (tertiary/aromatic N) is 1. The molecule has 3 heteroatoms. The largest absolute Gasteiger partial charge is 0.391 e. The molecular formula is C18H32N2O. The van der Waals surface area contributed by atoms with Crippen LogP contribution >= 0.6 is 0 Å². The quantitative estimate of drug-likeness (QED) is 0.782. The van der Waals surface area contributed by atoms with Crippen molar-refractivity contribution < 1.29 is 5.11 Å². The summed E-state index contributed by atoms with van der Waals surface area (Å²) in [5.41, 5.74) is 0. The average Bonchev–Trinajstić information content (AvgIpc) is 2.55. The van der Waals surface area contributed by atoms with E-state index in [1.165, 1.54) is 71.0 Å². The van der Waals surface area contributed by atoms with Gasteiger partial charge in [0, 0.05) is 25.2 Å². The second-order valence-corrected chi connectivity index (χ2v) is 7.29. The van der Waals surface area contributed by atoms with Gasteiger partial charge in [-0.05, 0) is 57.4 Å². The molecule has 0 aromatic rings. The highest BCUT2D eigenvalue weighted by atomic mass is 16.3. The summed E-state index contributed by atoms with van der Waals surface area (Å²) in [7, 11) is 0.